The zero-order chi connectivity index (χ0) is 26.0. The van der Waals surface area contributed by atoms with E-state index in [0.717, 1.165) is 30.4 Å². The van der Waals surface area contributed by atoms with Crippen LogP contribution in [-0.2, 0) is 4.74 Å². The summed E-state index contributed by atoms with van der Waals surface area (Å²) in [5, 5.41) is 12.7. The van der Waals surface area contributed by atoms with Crippen LogP contribution in [0.25, 0.3) is 5.57 Å². The van der Waals surface area contributed by atoms with Crippen molar-refractivity contribution in [2.75, 3.05) is 13.2 Å². The summed E-state index contributed by atoms with van der Waals surface area (Å²) < 4.78 is 11.3. The normalized spacial score (nSPS) is 24.1. The average Bonchev–Trinajstić information content (AvgIpc) is 2.83. The SMILES string of the molecule is CC(C)(C)OC(=O)NCCCCOc1ccc(C(=C2C3CC4CC(C3)CC2C4)c2ccc(O)cc2)cc1. The van der Waals surface area contributed by atoms with E-state index in [9.17, 15) is 9.90 Å². The Labute approximate surface area is 221 Å². The van der Waals surface area contributed by atoms with Gasteiger partial charge in [0.05, 0.1) is 6.61 Å². The average molecular weight is 504 g/mol. The lowest BCUT2D eigenvalue weighted by Crippen LogP contribution is -2.40. The van der Waals surface area contributed by atoms with Crippen LogP contribution in [-0.4, -0.2) is 30.0 Å². The Morgan fingerprint density at radius 1 is 0.865 bits per heavy atom. The number of carbonyl (C=O) groups excluding carboxylic acids is 1. The number of ether oxygens (including phenoxy) is 2. The maximum Gasteiger partial charge on any atom is 0.407 e. The second-order valence-electron chi connectivity index (χ2n) is 12.2. The van der Waals surface area contributed by atoms with Crippen molar-refractivity contribution in [3.05, 3.63) is 65.2 Å². The van der Waals surface area contributed by atoms with Gasteiger partial charge >= 0.3 is 6.09 Å². The molecule has 4 aliphatic rings. The lowest BCUT2D eigenvalue weighted by molar-refractivity contribution is 0.0526. The number of phenols is 1. The standard InChI is InChI=1S/C32H41NO4/c1-32(2,3)37-31(35)33-14-4-5-15-36-28-12-8-24(9-13-28)29(23-6-10-27(34)11-7-23)30-25-17-21-16-22(19-25)20-26(30)18-21/h6-13,21-22,25-26,34H,4-5,14-20H2,1-3H3,(H,33,35). The van der Waals surface area contributed by atoms with Crippen LogP contribution < -0.4 is 10.1 Å². The van der Waals surface area contributed by atoms with Crippen molar-refractivity contribution in [1.82, 2.24) is 5.32 Å². The van der Waals surface area contributed by atoms with Gasteiger partial charge in [-0.2, -0.15) is 0 Å². The molecule has 0 atom stereocenters. The first-order valence-electron chi connectivity index (χ1n) is 14.0. The van der Waals surface area contributed by atoms with Gasteiger partial charge in [-0.05, 0) is 130 Å². The summed E-state index contributed by atoms with van der Waals surface area (Å²) >= 11 is 0. The molecule has 4 bridgehead atoms. The molecule has 5 nitrogen and oxygen atoms in total. The molecule has 198 valence electrons. The second-order valence-corrected chi connectivity index (χ2v) is 12.2. The first-order valence-corrected chi connectivity index (χ1v) is 14.0. The maximum atomic E-state index is 11.7. The molecule has 4 fully saturated rings. The number of hydrogen-bond donors (Lipinski definition) is 2. The summed E-state index contributed by atoms with van der Waals surface area (Å²) in [6.07, 6.45) is 8.12. The number of nitrogens with one attached hydrogen (secondary N) is 1. The number of alkyl carbamates (subject to hydrolysis) is 1. The zero-order valence-electron chi connectivity index (χ0n) is 22.5. The Morgan fingerprint density at radius 3 is 2.00 bits per heavy atom. The Kier molecular flexibility index (Phi) is 7.50. The predicted molar refractivity (Wildman–Crippen MR) is 147 cm³/mol. The lowest BCUT2D eigenvalue weighted by atomic mass is 9.53. The molecule has 6 rings (SSSR count). The summed E-state index contributed by atoms with van der Waals surface area (Å²) in [7, 11) is 0. The zero-order valence-corrected chi connectivity index (χ0v) is 22.5. The van der Waals surface area contributed by atoms with Gasteiger partial charge in [0, 0.05) is 6.54 Å². The molecule has 0 unspecified atom stereocenters. The van der Waals surface area contributed by atoms with Crippen LogP contribution in [0.1, 0.15) is 76.8 Å². The summed E-state index contributed by atoms with van der Waals surface area (Å²) in [4.78, 5) is 11.7. The molecule has 1 amide bonds. The van der Waals surface area contributed by atoms with Crippen LogP contribution in [0.2, 0.25) is 0 Å². The van der Waals surface area contributed by atoms with Gasteiger partial charge in [-0.1, -0.05) is 29.8 Å². The minimum Gasteiger partial charge on any atom is -0.508 e. The summed E-state index contributed by atoms with van der Waals surface area (Å²) in [6.45, 7) is 6.76. The monoisotopic (exact) mass is 503 g/mol. The van der Waals surface area contributed by atoms with E-state index in [-0.39, 0.29) is 6.09 Å². The largest absolute Gasteiger partial charge is 0.508 e. The minimum atomic E-state index is -0.479. The molecule has 0 heterocycles. The number of phenolic OH excluding ortho intramolecular Hbond substituents is 1. The minimum absolute atomic E-state index is 0.309. The molecule has 4 aliphatic carbocycles. The van der Waals surface area contributed by atoms with Crippen LogP contribution in [0.15, 0.2) is 54.1 Å². The molecule has 2 aromatic rings. The lowest BCUT2D eigenvalue weighted by Gasteiger charge is -2.52. The summed E-state index contributed by atoms with van der Waals surface area (Å²) in [5.41, 5.74) is 4.99. The van der Waals surface area contributed by atoms with Crippen molar-refractivity contribution >= 4 is 11.7 Å². The predicted octanol–water partition coefficient (Wildman–Crippen LogP) is 7.33. The number of benzene rings is 2. The Bertz CT molecular complexity index is 1080. The fourth-order valence-corrected chi connectivity index (χ4v) is 6.87. The van der Waals surface area contributed by atoms with Gasteiger partial charge in [-0.15, -0.1) is 0 Å². The topological polar surface area (TPSA) is 67.8 Å². The number of hydrogen-bond acceptors (Lipinski definition) is 4. The Balaban J connectivity index is 1.23. The highest BCUT2D eigenvalue weighted by Crippen LogP contribution is 2.58. The number of amides is 1. The molecule has 0 spiro atoms. The molecule has 5 heteroatoms. The van der Waals surface area contributed by atoms with E-state index in [1.165, 1.54) is 48.8 Å². The van der Waals surface area contributed by atoms with Crippen molar-refractivity contribution in [2.24, 2.45) is 23.7 Å². The number of unbranched alkanes of at least 4 members (excludes halogenated alkanes) is 1. The highest BCUT2D eigenvalue weighted by molar-refractivity contribution is 5.83. The molecule has 4 saturated carbocycles. The van der Waals surface area contributed by atoms with Gasteiger partial charge in [0.15, 0.2) is 0 Å². The third-order valence-electron chi connectivity index (χ3n) is 8.11. The van der Waals surface area contributed by atoms with Crippen LogP contribution >= 0.6 is 0 Å². The fraction of sp³-hybridized carbons (Fsp3) is 0.531. The van der Waals surface area contributed by atoms with Gasteiger partial charge in [0.2, 0.25) is 0 Å². The molecule has 37 heavy (non-hydrogen) atoms. The molecule has 2 aromatic carbocycles. The van der Waals surface area contributed by atoms with Gasteiger partial charge in [-0.25, -0.2) is 4.79 Å². The molecule has 0 saturated heterocycles. The van der Waals surface area contributed by atoms with Crippen molar-refractivity contribution in [1.29, 1.82) is 0 Å². The van der Waals surface area contributed by atoms with Crippen LogP contribution in [0.5, 0.6) is 11.5 Å². The summed E-state index contributed by atoms with van der Waals surface area (Å²) in [5.74, 6) is 4.41. The van der Waals surface area contributed by atoms with Crippen LogP contribution in [0.3, 0.4) is 0 Å². The number of carbonyl (C=O) groups is 1. The maximum absolute atomic E-state index is 11.7. The van der Waals surface area contributed by atoms with E-state index in [1.807, 2.05) is 20.8 Å². The molecule has 0 radical (unpaired) electrons. The van der Waals surface area contributed by atoms with Crippen LogP contribution in [0.4, 0.5) is 4.79 Å². The molecule has 0 aromatic heterocycles. The van der Waals surface area contributed by atoms with E-state index in [4.69, 9.17) is 9.47 Å². The summed E-state index contributed by atoms with van der Waals surface area (Å²) in [6, 6.07) is 16.3. The van der Waals surface area contributed by atoms with E-state index in [1.54, 1.807) is 17.7 Å². The van der Waals surface area contributed by atoms with Gasteiger partial charge in [0.25, 0.3) is 0 Å². The first kappa shape index (κ1) is 25.7. The highest BCUT2D eigenvalue weighted by Gasteiger charge is 2.46. The van der Waals surface area contributed by atoms with Crippen molar-refractivity contribution < 1.29 is 19.4 Å². The molecule has 2 N–H and O–H groups in total. The van der Waals surface area contributed by atoms with Crippen molar-refractivity contribution in [3.63, 3.8) is 0 Å². The fourth-order valence-electron chi connectivity index (χ4n) is 6.87. The number of allylic oxidation sites excluding steroid dienone is 1. The van der Waals surface area contributed by atoms with Crippen LogP contribution in [0, 0.1) is 23.7 Å². The van der Waals surface area contributed by atoms with E-state index in [0.29, 0.717) is 30.7 Å². The van der Waals surface area contributed by atoms with E-state index < -0.39 is 5.60 Å². The van der Waals surface area contributed by atoms with Gasteiger partial charge < -0.3 is 19.9 Å². The third-order valence-corrected chi connectivity index (χ3v) is 8.11. The Hall–Kier alpha value is -2.95. The third kappa shape index (κ3) is 6.31. The van der Waals surface area contributed by atoms with Crippen molar-refractivity contribution in [3.8, 4) is 11.5 Å². The molecule has 0 aliphatic heterocycles. The first-order chi connectivity index (χ1) is 17.7. The van der Waals surface area contributed by atoms with E-state index in [2.05, 4.69) is 41.7 Å². The molecular formula is C32H41NO4. The quantitative estimate of drug-likeness (QED) is 0.370. The Morgan fingerprint density at radius 2 is 1.43 bits per heavy atom. The van der Waals surface area contributed by atoms with E-state index >= 15 is 0 Å². The highest BCUT2D eigenvalue weighted by atomic mass is 16.6. The smallest absolute Gasteiger partial charge is 0.407 e. The van der Waals surface area contributed by atoms with Gasteiger partial charge in [0.1, 0.15) is 17.1 Å². The van der Waals surface area contributed by atoms with Crippen molar-refractivity contribution in [2.45, 2.75) is 71.3 Å². The second kappa shape index (κ2) is 10.8. The molecular weight excluding hydrogens is 462 g/mol. The van der Waals surface area contributed by atoms with Gasteiger partial charge in [-0.3, -0.25) is 0 Å². The number of rotatable bonds is 8. The number of aromatic hydroxyl groups is 1.